The summed E-state index contributed by atoms with van der Waals surface area (Å²) in [6, 6.07) is 24.5. The third-order valence-electron chi connectivity index (χ3n) is 6.03. The second kappa shape index (κ2) is 12.6. The molecule has 2 N–H and O–H groups in total. The number of Topliss-reactive ketones (excluding diaryl/α,β-unsaturated/α-hetero) is 2. The molecule has 0 fully saturated rings. The molecule has 0 aliphatic rings. The fourth-order valence-corrected chi connectivity index (χ4v) is 3.97. The van der Waals surface area contributed by atoms with E-state index >= 15 is 0 Å². The summed E-state index contributed by atoms with van der Waals surface area (Å²) in [6.45, 7) is 0. The number of hydrogen-bond donors (Lipinski definition) is 1. The first-order chi connectivity index (χ1) is 17.6. The average Bonchev–Trinajstić information content (AvgIpc) is 3.44. The lowest BCUT2D eigenvalue weighted by atomic mass is 9.99. The van der Waals surface area contributed by atoms with Gasteiger partial charge >= 0.3 is 0 Å². The maximum absolute atomic E-state index is 12.4. The number of aryl methyl sites for hydroxylation is 1. The topological polar surface area (TPSA) is 87.2 Å². The summed E-state index contributed by atoms with van der Waals surface area (Å²) in [5.41, 5.74) is 8.97. The van der Waals surface area contributed by atoms with Crippen molar-refractivity contribution in [3.8, 4) is 17.2 Å². The Labute approximate surface area is 211 Å². The van der Waals surface area contributed by atoms with E-state index in [9.17, 15) is 9.59 Å². The Balaban J connectivity index is 1.17. The average molecular weight is 482 g/mol. The Hall–Kier alpha value is -4.03. The predicted octanol–water partition coefficient (Wildman–Crippen LogP) is 5.48. The first-order valence-corrected chi connectivity index (χ1v) is 12.3. The van der Waals surface area contributed by atoms with Crippen LogP contribution in [0.2, 0.25) is 0 Å². The molecule has 1 atom stereocenters. The number of nitrogens with zero attached hydrogens (tertiary/aromatic N) is 2. The van der Waals surface area contributed by atoms with Crippen molar-refractivity contribution < 1.29 is 14.3 Å². The van der Waals surface area contributed by atoms with Crippen LogP contribution in [0, 0.1) is 0 Å². The molecule has 0 saturated heterocycles. The zero-order chi connectivity index (χ0) is 25.2. The number of ether oxygens (including phenoxy) is 1. The molecule has 0 bridgehead atoms. The molecule has 0 aliphatic carbocycles. The standard InChI is InChI=1S/C30H31N3O3/c31-29(30(35)8-5-7-24-6-1-2-19-32-24)18-13-26(34)22-23-9-14-27(15-10-23)36-28-16-11-25(12-17-28)33-20-3-4-21-33/h1-4,6,9-12,14-17,19-21,29H,5,7-8,13,18,22,31H2/t29-/m1/s1. The van der Waals surface area contributed by atoms with Gasteiger partial charge in [-0.05, 0) is 85.5 Å². The van der Waals surface area contributed by atoms with Crippen molar-refractivity contribution in [1.82, 2.24) is 9.55 Å². The minimum absolute atomic E-state index is 0.00150. The zero-order valence-electron chi connectivity index (χ0n) is 20.3. The third-order valence-corrected chi connectivity index (χ3v) is 6.03. The summed E-state index contributed by atoms with van der Waals surface area (Å²) in [6.07, 6.45) is 8.58. The minimum Gasteiger partial charge on any atom is -0.457 e. The van der Waals surface area contributed by atoms with E-state index in [1.165, 1.54) is 0 Å². The molecule has 6 heteroatoms. The summed E-state index contributed by atoms with van der Waals surface area (Å²) >= 11 is 0. The Morgan fingerprint density at radius 3 is 2.22 bits per heavy atom. The summed E-state index contributed by atoms with van der Waals surface area (Å²) < 4.78 is 7.95. The first kappa shape index (κ1) is 25.1. The summed E-state index contributed by atoms with van der Waals surface area (Å²) in [5.74, 6) is 1.52. The fraction of sp³-hybridized carbons (Fsp3) is 0.233. The Morgan fingerprint density at radius 1 is 0.861 bits per heavy atom. The SMILES string of the molecule is N[C@H](CCC(=O)Cc1ccc(Oc2ccc(-n3cccc3)cc2)cc1)C(=O)CCCc1ccccn1. The monoisotopic (exact) mass is 481 g/mol. The highest BCUT2D eigenvalue weighted by molar-refractivity contribution is 5.85. The lowest BCUT2D eigenvalue weighted by molar-refractivity contribution is -0.121. The molecule has 0 unspecified atom stereocenters. The smallest absolute Gasteiger partial charge is 0.149 e. The van der Waals surface area contributed by atoms with Crippen LogP contribution >= 0.6 is 0 Å². The van der Waals surface area contributed by atoms with Crippen molar-refractivity contribution in [2.45, 2.75) is 44.6 Å². The van der Waals surface area contributed by atoms with E-state index in [1.54, 1.807) is 6.20 Å². The van der Waals surface area contributed by atoms with Crippen molar-refractivity contribution in [3.63, 3.8) is 0 Å². The predicted molar refractivity (Wildman–Crippen MR) is 140 cm³/mol. The zero-order valence-corrected chi connectivity index (χ0v) is 20.3. The van der Waals surface area contributed by atoms with E-state index in [1.807, 2.05) is 95.8 Å². The van der Waals surface area contributed by atoms with E-state index in [2.05, 4.69) is 4.98 Å². The van der Waals surface area contributed by atoms with Crippen LogP contribution in [0.5, 0.6) is 11.5 Å². The van der Waals surface area contributed by atoms with E-state index in [-0.39, 0.29) is 11.6 Å². The van der Waals surface area contributed by atoms with Gasteiger partial charge in [0.15, 0.2) is 0 Å². The molecule has 2 aromatic heterocycles. The lowest BCUT2D eigenvalue weighted by Crippen LogP contribution is -2.31. The highest BCUT2D eigenvalue weighted by Gasteiger charge is 2.15. The minimum atomic E-state index is -0.600. The molecule has 0 aliphatic heterocycles. The van der Waals surface area contributed by atoms with Crippen molar-refractivity contribution in [3.05, 3.63) is 109 Å². The van der Waals surface area contributed by atoms with Gasteiger partial charge < -0.3 is 15.0 Å². The van der Waals surface area contributed by atoms with Crippen LogP contribution in [0.1, 0.15) is 36.9 Å². The molecule has 0 spiro atoms. The molecule has 0 amide bonds. The first-order valence-electron chi connectivity index (χ1n) is 12.3. The van der Waals surface area contributed by atoms with E-state index in [0.717, 1.165) is 29.1 Å². The van der Waals surface area contributed by atoms with E-state index in [0.29, 0.717) is 37.9 Å². The van der Waals surface area contributed by atoms with Gasteiger partial charge in [0.25, 0.3) is 0 Å². The van der Waals surface area contributed by atoms with Gasteiger partial charge in [-0.3, -0.25) is 14.6 Å². The number of carbonyl (C=O) groups excluding carboxylic acids is 2. The molecular weight excluding hydrogens is 450 g/mol. The molecule has 6 nitrogen and oxygen atoms in total. The maximum Gasteiger partial charge on any atom is 0.149 e. The molecule has 2 heterocycles. The largest absolute Gasteiger partial charge is 0.457 e. The molecule has 4 rings (SSSR count). The van der Waals surface area contributed by atoms with Crippen LogP contribution in [0.3, 0.4) is 0 Å². The summed E-state index contributed by atoms with van der Waals surface area (Å²) in [7, 11) is 0. The van der Waals surface area contributed by atoms with Crippen molar-refractivity contribution in [2.24, 2.45) is 5.73 Å². The fourth-order valence-electron chi connectivity index (χ4n) is 3.97. The van der Waals surface area contributed by atoms with Gasteiger partial charge in [0.1, 0.15) is 23.1 Å². The molecule has 36 heavy (non-hydrogen) atoms. The third kappa shape index (κ3) is 7.48. The van der Waals surface area contributed by atoms with Gasteiger partial charge in [0.2, 0.25) is 0 Å². The number of carbonyl (C=O) groups is 2. The second-order valence-corrected chi connectivity index (χ2v) is 8.83. The number of nitrogens with two attached hydrogens (primary N) is 1. The number of pyridine rings is 1. The van der Waals surface area contributed by atoms with E-state index in [4.69, 9.17) is 10.5 Å². The molecule has 0 saturated carbocycles. The highest BCUT2D eigenvalue weighted by atomic mass is 16.5. The van der Waals surface area contributed by atoms with Gasteiger partial charge in [-0.15, -0.1) is 0 Å². The number of benzene rings is 2. The molecular formula is C30H31N3O3. The maximum atomic E-state index is 12.4. The highest BCUT2D eigenvalue weighted by Crippen LogP contribution is 2.23. The quantitative estimate of drug-likeness (QED) is 0.273. The Bertz CT molecular complexity index is 1240. The van der Waals surface area contributed by atoms with Crippen molar-refractivity contribution in [1.29, 1.82) is 0 Å². The van der Waals surface area contributed by atoms with Gasteiger partial charge in [0, 0.05) is 49.2 Å². The van der Waals surface area contributed by atoms with Crippen molar-refractivity contribution >= 4 is 11.6 Å². The summed E-state index contributed by atoms with van der Waals surface area (Å²) in [4.78, 5) is 29.0. The second-order valence-electron chi connectivity index (χ2n) is 8.83. The van der Waals surface area contributed by atoms with Crippen LogP contribution in [-0.2, 0) is 22.4 Å². The van der Waals surface area contributed by atoms with Gasteiger partial charge in [0.05, 0.1) is 6.04 Å². The molecule has 0 radical (unpaired) electrons. The number of aromatic nitrogens is 2. The molecule has 2 aromatic carbocycles. The van der Waals surface area contributed by atoms with Gasteiger partial charge in [-0.1, -0.05) is 18.2 Å². The van der Waals surface area contributed by atoms with Crippen LogP contribution in [0.4, 0.5) is 0 Å². The molecule has 4 aromatic rings. The Kier molecular flexibility index (Phi) is 8.78. The lowest BCUT2D eigenvalue weighted by Gasteiger charge is -2.10. The van der Waals surface area contributed by atoms with Crippen LogP contribution in [-0.4, -0.2) is 27.2 Å². The number of rotatable bonds is 13. The van der Waals surface area contributed by atoms with Crippen LogP contribution in [0.25, 0.3) is 5.69 Å². The summed E-state index contributed by atoms with van der Waals surface area (Å²) in [5, 5.41) is 0. The van der Waals surface area contributed by atoms with E-state index < -0.39 is 6.04 Å². The van der Waals surface area contributed by atoms with Crippen molar-refractivity contribution in [2.75, 3.05) is 0 Å². The van der Waals surface area contributed by atoms with Crippen LogP contribution < -0.4 is 10.5 Å². The van der Waals surface area contributed by atoms with Gasteiger partial charge in [-0.2, -0.15) is 0 Å². The number of hydrogen-bond acceptors (Lipinski definition) is 5. The van der Waals surface area contributed by atoms with Crippen LogP contribution in [0.15, 0.2) is 97.5 Å². The van der Waals surface area contributed by atoms with Gasteiger partial charge in [-0.25, -0.2) is 0 Å². The Morgan fingerprint density at radius 2 is 1.56 bits per heavy atom. The molecule has 184 valence electrons. The number of ketones is 2. The normalized spacial score (nSPS) is 11.7.